The minimum absolute atomic E-state index is 0.242. The lowest BCUT2D eigenvalue weighted by molar-refractivity contribution is 0.0949. The first-order valence-electron chi connectivity index (χ1n) is 14.1. The van der Waals surface area contributed by atoms with Crippen LogP contribution in [0.15, 0.2) is 59.6 Å². The van der Waals surface area contributed by atoms with Crippen LogP contribution in [0.1, 0.15) is 54.1 Å². The second kappa shape index (κ2) is 10.9. The van der Waals surface area contributed by atoms with E-state index in [9.17, 15) is 9.18 Å². The van der Waals surface area contributed by atoms with Gasteiger partial charge in [-0.1, -0.05) is 24.3 Å². The Morgan fingerprint density at radius 3 is 2.67 bits per heavy atom. The Balaban J connectivity index is 1.17. The summed E-state index contributed by atoms with van der Waals surface area (Å²) in [5.41, 5.74) is 5.79. The lowest BCUT2D eigenvalue weighted by Crippen LogP contribution is -2.30. The number of ketones is 1. The minimum atomic E-state index is -0.270. The average molecular weight is 527 g/mol. The van der Waals surface area contributed by atoms with Crippen molar-refractivity contribution >= 4 is 17.7 Å². The molecule has 0 amide bonds. The van der Waals surface area contributed by atoms with Gasteiger partial charge in [-0.3, -0.25) is 14.7 Å². The van der Waals surface area contributed by atoms with E-state index in [-0.39, 0.29) is 11.6 Å². The first-order valence-corrected chi connectivity index (χ1v) is 14.1. The molecular weight excluding hydrogens is 491 g/mol. The molecule has 3 aromatic rings. The van der Waals surface area contributed by atoms with Crippen molar-refractivity contribution in [3.05, 3.63) is 77.1 Å². The molecule has 1 saturated heterocycles. The summed E-state index contributed by atoms with van der Waals surface area (Å²) in [6.07, 6.45) is 6.74. The number of nitrogens with zero attached hydrogens (tertiary/aromatic N) is 2. The van der Waals surface area contributed by atoms with Gasteiger partial charge in [0.2, 0.25) is 0 Å². The number of Topliss-reactive ketones (excluding diaryl/α,β-unsaturated/α-hetero) is 1. The van der Waals surface area contributed by atoms with E-state index in [2.05, 4.69) is 28.1 Å². The number of carbonyl (C=O) groups excluding carboxylic acids is 1. The molecule has 0 aromatic heterocycles. The molecule has 0 bridgehead atoms. The molecule has 1 unspecified atom stereocenters. The van der Waals surface area contributed by atoms with Crippen LogP contribution in [-0.2, 0) is 13.0 Å². The van der Waals surface area contributed by atoms with Crippen molar-refractivity contribution in [2.24, 2.45) is 16.8 Å². The molecule has 6 rings (SSSR count). The van der Waals surface area contributed by atoms with Crippen LogP contribution in [0.3, 0.4) is 0 Å². The highest BCUT2D eigenvalue weighted by Crippen LogP contribution is 2.46. The summed E-state index contributed by atoms with van der Waals surface area (Å²) in [6, 6.07) is 17.1. The molecule has 2 aliphatic heterocycles. The Labute approximate surface area is 229 Å². The largest absolute Gasteiger partial charge is 0.496 e. The number of aliphatic imine (C=N–C) groups is 1. The summed E-state index contributed by atoms with van der Waals surface area (Å²) in [7, 11) is 1.67. The van der Waals surface area contributed by atoms with Crippen LogP contribution in [0.2, 0.25) is 0 Å². The normalized spacial score (nSPS) is 21.7. The van der Waals surface area contributed by atoms with Gasteiger partial charge < -0.3 is 9.47 Å². The highest BCUT2D eigenvalue weighted by Gasteiger charge is 2.44. The molecule has 39 heavy (non-hydrogen) atoms. The number of hydrogen-bond donors (Lipinski definition) is 0. The van der Waals surface area contributed by atoms with Gasteiger partial charge in [0.25, 0.3) is 0 Å². The summed E-state index contributed by atoms with van der Waals surface area (Å²) >= 11 is 0. The number of likely N-dealkylation sites (tertiary alicyclic amines) is 1. The molecule has 3 atom stereocenters. The third kappa shape index (κ3) is 5.10. The van der Waals surface area contributed by atoms with E-state index in [1.807, 2.05) is 25.3 Å². The van der Waals surface area contributed by atoms with Crippen LogP contribution >= 0.6 is 0 Å². The van der Waals surface area contributed by atoms with Crippen molar-refractivity contribution in [1.29, 1.82) is 0 Å². The first kappa shape index (κ1) is 25.8. The van der Waals surface area contributed by atoms with Gasteiger partial charge >= 0.3 is 0 Å². The molecule has 1 aliphatic carbocycles. The molecule has 0 radical (unpaired) electrons. The predicted octanol–water partition coefficient (Wildman–Crippen LogP) is 7.03. The van der Waals surface area contributed by atoms with E-state index in [1.165, 1.54) is 17.7 Å². The van der Waals surface area contributed by atoms with Crippen LogP contribution in [-0.4, -0.2) is 43.2 Å². The fraction of sp³-hybridized carbons (Fsp3) is 0.394. The van der Waals surface area contributed by atoms with Crippen LogP contribution in [0.5, 0.6) is 11.5 Å². The fourth-order valence-corrected chi connectivity index (χ4v) is 6.87. The summed E-state index contributed by atoms with van der Waals surface area (Å²) in [4.78, 5) is 20.2. The Bertz CT molecular complexity index is 1400. The third-order valence-corrected chi connectivity index (χ3v) is 8.71. The molecule has 6 heteroatoms. The SMILES string of the molecule is CCOc1cc(CN2CC[C@H]3C(CC(=O)c4ccc5c(c4)N=CC5)CC[C@H]32)cc(OC)c1-c1ccc(F)cc1. The van der Waals surface area contributed by atoms with Gasteiger partial charge in [-0.2, -0.15) is 0 Å². The molecule has 5 nitrogen and oxygen atoms in total. The van der Waals surface area contributed by atoms with E-state index in [1.54, 1.807) is 19.2 Å². The molecule has 3 aromatic carbocycles. The van der Waals surface area contributed by atoms with Crippen LogP contribution in [0, 0.1) is 17.7 Å². The van der Waals surface area contributed by atoms with Crippen molar-refractivity contribution in [3.63, 3.8) is 0 Å². The zero-order valence-corrected chi connectivity index (χ0v) is 22.7. The number of hydrogen-bond acceptors (Lipinski definition) is 5. The van der Waals surface area contributed by atoms with Gasteiger partial charge in [-0.05, 0) is 91.6 Å². The first-order chi connectivity index (χ1) is 19.0. The Morgan fingerprint density at radius 1 is 1.05 bits per heavy atom. The van der Waals surface area contributed by atoms with E-state index in [0.29, 0.717) is 30.9 Å². The second-order valence-corrected chi connectivity index (χ2v) is 10.9. The second-order valence-electron chi connectivity index (χ2n) is 10.9. The average Bonchev–Trinajstić information content (AvgIpc) is 3.67. The van der Waals surface area contributed by atoms with Gasteiger partial charge in [-0.15, -0.1) is 0 Å². The van der Waals surface area contributed by atoms with Crippen LogP contribution < -0.4 is 9.47 Å². The highest BCUT2D eigenvalue weighted by atomic mass is 19.1. The summed E-state index contributed by atoms with van der Waals surface area (Å²) in [5, 5.41) is 0. The zero-order chi connectivity index (χ0) is 26.9. The van der Waals surface area contributed by atoms with Crippen molar-refractivity contribution in [2.45, 2.75) is 51.6 Å². The van der Waals surface area contributed by atoms with Gasteiger partial charge in [-0.25, -0.2) is 4.39 Å². The Morgan fingerprint density at radius 2 is 1.87 bits per heavy atom. The lowest BCUT2D eigenvalue weighted by atomic mass is 9.87. The molecule has 2 heterocycles. The predicted molar refractivity (Wildman–Crippen MR) is 152 cm³/mol. The molecule has 3 aliphatic rings. The molecule has 2 fully saturated rings. The van der Waals surface area contributed by atoms with Crippen LogP contribution in [0.25, 0.3) is 11.1 Å². The summed E-state index contributed by atoms with van der Waals surface area (Å²) < 4.78 is 25.4. The van der Waals surface area contributed by atoms with Crippen molar-refractivity contribution in [2.75, 3.05) is 20.3 Å². The number of methoxy groups -OCH3 is 1. The standard InChI is InChI=1S/C33H35FN2O3/c1-3-39-32-17-21(16-31(38-2)33(32)23-6-9-26(34)10-7-23)20-36-15-13-27-24(8-11-29(27)36)19-30(37)25-5-4-22-12-14-35-28(22)18-25/h4-7,9-10,14,16-18,24,27,29H,3,8,11-13,15,19-20H2,1-2H3/t24?,27-,29+/m0/s1. The van der Waals surface area contributed by atoms with E-state index < -0.39 is 0 Å². The van der Waals surface area contributed by atoms with Crippen LogP contribution in [0.4, 0.5) is 10.1 Å². The number of carbonyl (C=O) groups is 1. The van der Waals surface area contributed by atoms with Gasteiger partial charge in [0.05, 0.1) is 25.0 Å². The quantitative estimate of drug-likeness (QED) is 0.281. The minimum Gasteiger partial charge on any atom is -0.496 e. The van der Waals surface area contributed by atoms with Gasteiger partial charge in [0.1, 0.15) is 17.3 Å². The molecule has 202 valence electrons. The Hall–Kier alpha value is -3.51. The van der Waals surface area contributed by atoms with Crippen molar-refractivity contribution in [1.82, 2.24) is 4.90 Å². The lowest BCUT2D eigenvalue weighted by Gasteiger charge is -2.25. The van der Waals surface area contributed by atoms with Crippen molar-refractivity contribution < 1.29 is 18.7 Å². The molecular formula is C33H35FN2O3. The fourth-order valence-electron chi connectivity index (χ4n) is 6.87. The zero-order valence-electron chi connectivity index (χ0n) is 22.7. The molecule has 1 saturated carbocycles. The van der Waals surface area contributed by atoms with E-state index in [0.717, 1.165) is 78.2 Å². The number of ether oxygens (including phenoxy) is 2. The number of benzene rings is 3. The maximum atomic E-state index is 13.6. The number of rotatable bonds is 9. The summed E-state index contributed by atoms with van der Waals surface area (Å²) in [6.45, 7) is 4.33. The molecule has 0 spiro atoms. The Kier molecular flexibility index (Phi) is 7.22. The van der Waals surface area contributed by atoms with E-state index >= 15 is 0 Å². The molecule has 0 N–H and O–H groups in total. The van der Waals surface area contributed by atoms with Gasteiger partial charge in [0.15, 0.2) is 5.78 Å². The smallest absolute Gasteiger partial charge is 0.163 e. The maximum absolute atomic E-state index is 13.6. The number of fused-ring (bicyclic) bond motifs is 2. The van der Waals surface area contributed by atoms with Crippen molar-refractivity contribution in [3.8, 4) is 22.6 Å². The van der Waals surface area contributed by atoms with Gasteiger partial charge in [0, 0.05) is 37.2 Å². The summed E-state index contributed by atoms with van der Waals surface area (Å²) in [5.74, 6) is 2.43. The third-order valence-electron chi connectivity index (χ3n) is 8.71. The topological polar surface area (TPSA) is 51.1 Å². The monoisotopic (exact) mass is 526 g/mol. The van der Waals surface area contributed by atoms with E-state index in [4.69, 9.17) is 9.47 Å². The number of halogens is 1. The highest BCUT2D eigenvalue weighted by molar-refractivity contribution is 5.97. The maximum Gasteiger partial charge on any atom is 0.163 e.